The molecule has 1 aliphatic rings. The van der Waals surface area contributed by atoms with Crippen LogP contribution in [0.25, 0.3) is 0 Å². The lowest BCUT2D eigenvalue weighted by molar-refractivity contribution is 1.57. The second-order valence-corrected chi connectivity index (χ2v) is 16.6. The van der Waals surface area contributed by atoms with Crippen LogP contribution in [0.2, 0.25) is 39.3 Å². The minimum absolute atomic E-state index is 1.21. The van der Waals surface area contributed by atoms with Gasteiger partial charge in [-0.1, -0.05) is 86.1 Å². The summed E-state index contributed by atoms with van der Waals surface area (Å²) in [6.07, 6.45) is 13.5. The molecule has 0 radical (unpaired) electrons. The first-order valence-corrected chi connectivity index (χ1v) is 13.0. The topological polar surface area (TPSA) is 0 Å². The van der Waals surface area contributed by atoms with E-state index >= 15 is 0 Å². The van der Waals surface area contributed by atoms with E-state index in [-0.39, 0.29) is 0 Å². The van der Waals surface area contributed by atoms with Crippen molar-refractivity contribution in [3.8, 4) is 0 Å². The summed E-state index contributed by atoms with van der Waals surface area (Å²) in [4.78, 5) is 0. The molecule has 0 aromatic rings. The summed E-state index contributed by atoms with van der Waals surface area (Å²) in [5, 5.41) is 3.12. The lowest BCUT2D eigenvalue weighted by atomic mass is 10.3. The number of hydrogen-bond donors (Lipinski definition) is 0. The molecule has 0 aromatic carbocycles. The lowest BCUT2D eigenvalue weighted by Gasteiger charge is -2.24. The molecule has 0 amide bonds. The molecule has 0 aliphatic heterocycles. The molecular formula is C14H24Si2. The number of allylic oxidation sites excluding steroid dienone is 8. The highest BCUT2D eigenvalue weighted by molar-refractivity contribution is 6.86. The highest BCUT2D eigenvalue weighted by Gasteiger charge is 2.22. The summed E-state index contributed by atoms with van der Waals surface area (Å²) in [6.45, 7) is 14.5. The van der Waals surface area contributed by atoms with Crippen molar-refractivity contribution in [2.75, 3.05) is 0 Å². The van der Waals surface area contributed by atoms with Crippen molar-refractivity contribution in [1.29, 1.82) is 0 Å². The van der Waals surface area contributed by atoms with Crippen LogP contribution in [-0.4, -0.2) is 16.1 Å². The SMILES string of the molecule is C[Si](C)(C)C1=C/C([Si](C)(C)C)=C\C=C/C=C\1. The first-order valence-electron chi connectivity index (χ1n) is 5.99. The van der Waals surface area contributed by atoms with Gasteiger partial charge in [0.2, 0.25) is 0 Å². The molecule has 0 heterocycles. The van der Waals surface area contributed by atoms with Crippen LogP contribution in [0.3, 0.4) is 0 Å². The fourth-order valence-corrected chi connectivity index (χ4v) is 4.09. The van der Waals surface area contributed by atoms with Gasteiger partial charge in [0.1, 0.15) is 0 Å². The van der Waals surface area contributed by atoms with Gasteiger partial charge < -0.3 is 0 Å². The molecule has 88 valence electrons. The van der Waals surface area contributed by atoms with Crippen LogP contribution in [0.4, 0.5) is 0 Å². The number of hydrogen-bond acceptors (Lipinski definition) is 0. The van der Waals surface area contributed by atoms with E-state index in [1.165, 1.54) is 0 Å². The maximum atomic E-state index is 2.46. The molecule has 0 fully saturated rings. The Morgan fingerprint density at radius 2 is 1.25 bits per heavy atom. The molecule has 0 nitrogen and oxygen atoms in total. The predicted octanol–water partition coefficient (Wildman–Crippen LogP) is 4.72. The molecule has 0 atom stereocenters. The zero-order chi connectivity index (χ0) is 12.4. The molecule has 0 N–H and O–H groups in total. The molecule has 0 saturated heterocycles. The first-order chi connectivity index (χ1) is 7.21. The van der Waals surface area contributed by atoms with Crippen LogP contribution in [0.15, 0.2) is 46.8 Å². The molecule has 0 aromatic heterocycles. The Balaban J connectivity index is 3.19. The number of rotatable bonds is 2. The Morgan fingerprint density at radius 1 is 0.688 bits per heavy atom. The van der Waals surface area contributed by atoms with Gasteiger partial charge in [-0.2, -0.15) is 0 Å². The van der Waals surface area contributed by atoms with E-state index in [1.54, 1.807) is 10.4 Å². The summed E-state index contributed by atoms with van der Waals surface area (Å²) in [5.41, 5.74) is 0. The van der Waals surface area contributed by atoms with Crippen molar-refractivity contribution in [3.63, 3.8) is 0 Å². The average Bonchev–Trinajstić information content (AvgIpc) is 1.96. The molecule has 0 spiro atoms. The second-order valence-electron chi connectivity index (χ2n) is 6.47. The zero-order valence-corrected chi connectivity index (χ0v) is 13.5. The third-order valence-corrected chi connectivity index (χ3v) is 6.90. The molecular weight excluding hydrogens is 224 g/mol. The van der Waals surface area contributed by atoms with Crippen molar-refractivity contribution >= 4 is 16.1 Å². The van der Waals surface area contributed by atoms with Crippen LogP contribution in [0.5, 0.6) is 0 Å². The molecule has 1 aliphatic carbocycles. The minimum Gasteiger partial charge on any atom is -0.0656 e. The van der Waals surface area contributed by atoms with Crippen LogP contribution < -0.4 is 0 Å². The summed E-state index contributed by atoms with van der Waals surface area (Å²) in [5.74, 6) is 0. The normalized spacial score (nSPS) is 28.1. The van der Waals surface area contributed by atoms with Gasteiger partial charge in [-0.15, -0.1) is 0 Å². The van der Waals surface area contributed by atoms with E-state index in [0.717, 1.165) is 0 Å². The Morgan fingerprint density at radius 3 is 1.75 bits per heavy atom. The van der Waals surface area contributed by atoms with Crippen molar-refractivity contribution in [2.45, 2.75) is 39.3 Å². The Bertz CT molecular complexity index is 354. The Kier molecular flexibility index (Phi) is 3.97. The van der Waals surface area contributed by atoms with Gasteiger partial charge in [-0.05, 0) is 0 Å². The van der Waals surface area contributed by atoms with E-state index < -0.39 is 16.1 Å². The highest BCUT2D eigenvalue weighted by atomic mass is 28.3. The molecule has 0 unspecified atom stereocenters. The van der Waals surface area contributed by atoms with E-state index in [1.807, 2.05) is 0 Å². The summed E-state index contributed by atoms with van der Waals surface area (Å²) < 4.78 is 0. The van der Waals surface area contributed by atoms with Crippen LogP contribution in [0, 0.1) is 0 Å². The van der Waals surface area contributed by atoms with Gasteiger partial charge >= 0.3 is 0 Å². The van der Waals surface area contributed by atoms with Gasteiger partial charge in [0.05, 0.1) is 16.1 Å². The molecule has 16 heavy (non-hydrogen) atoms. The lowest BCUT2D eigenvalue weighted by Crippen LogP contribution is -2.27. The quantitative estimate of drug-likeness (QED) is 0.620. The van der Waals surface area contributed by atoms with E-state index in [4.69, 9.17) is 0 Å². The third kappa shape index (κ3) is 3.76. The van der Waals surface area contributed by atoms with Gasteiger partial charge in [0, 0.05) is 0 Å². The van der Waals surface area contributed by atoms with Crippen molar-refractivity contribution in [1.82, 2.24) is 0 Å². The van der Waals surface area contributed by atoms with Crippen molar-refractivity contribution in [2.24, 2.45) is 0 Å². The highest BCUT2D eigenvalue weighted by Crippen LogP contribution is 2.24. The van der Waals surface area contributed by atoms with E-state index in [9.17, 15) is 0 Å². The maximum Gasteiger partial charge on any atom is 0.0775 e. The Hall–Kier alpha value is -0.606. The fraction of sp³-hybridized carbons (Fsp3) is 0.429. The van der Waals surface area contributed by atoms with Gasteiger partial charge in [-0.3, -0.25) is 0 Å². The summed E-state index contributed by atoms with van der Waals surface area (Å²) in [6, 6.07) is 0. The summed E-state index contributed by atoms with van der Waals surface area (Å²) in [7, 11) is -2.42. The monoisotopic (exact) mass is 248 g/mol. The van der Waals surface area contributed by atoms with Crippen LogP contribution in [-0.2, 0) is 0 Å². The van der Waals surface area contributed by atoms with E-state index in [0.29, 0.717) is 0 Å². The second kappa shape index (κ2) is 4.72. The zero-order valence-electron chi connectivity index (χ0n) is 11.5. The summed E-state index contributed by atoms with van der Waals surface area (Å²) >= 11 is 0. The van der Waals surface area contributed by atoms with Crippen LogP contribution in [0.1, 0.15) is 0 Å². The van der Waals surface area contributed by atoms with Gasteiger partial charge in [0.25, 0.3) is 0 Å². The average molecular weight is 249 g/mol. The van der Waals surface area contributed by atoms with Gasteiger partial charge in [-0.25, -0.2) is 0 Å². The van der Waals surface area contributed by atoms with Crippen molar-refractivity contribution in [3.05, 3.63) is 46.8 Å². The van der Waals surface area contributed by atoms with Gasteiger partial charge in [0.15, 0.2) is 0 Å². The smallest absolute Gasteiger partial charge is 0.0656 e. The Labute approximate surface area is 102 Å². The fourth-order valence-electron chi connectivity index (χ4n) is 1.58. The third-order valence-electron chi connectivity index (χ3n) is 2.82. The molecule has 0 bridgehead atoms. The molecule has 2 heteroatoms. The molecule has 1 rings (SSSR count). The molecule has 0 saturated carbocycles. The van der Waals surface area contributed by atoms with Crippen LogP contribution >= 0.6 is 0 Å². The van der Waals surface area contributed by atoms with E-state index in [2.05, 4.69) is 75.7 Å². The maximum absolute atomic E-state index is 2.46. The van der Waals surface area contributed by atoms with Crippen molar-refractivity contribution < 1.29 is 0 Å². The standard InChI is InChI=1S/C14H24Si2/c1-15(2,3)13-10-8-7-9-11-14(12-13)16(4,5)6/h7-12H,1-6H3/b8-7-,9-7?,10-8?,11-9-,13-10+,13-12?,14-11?,14-12+. The predicted molar refractivity (Wildman–Crippen MR) is 81.1 cm³/mol. The largest absolute Gasteiger partial charge is 0.0775 e. The minimum atomic E-state index is -1.21. The first kappa shape index (κ1) is 13.5.